The fourth-order valence-electron chi connectivity index (χ4n) is 2.52. The summed E-state index contributed by atoms with van der Waals surface area (Å²) in [7, 11) is 3.08. The Kier molecular flexibility index (Phi) is 8.03. The number of hydrogen-bond donors (Lipinski definition) is 2. The molecular formula is C21H24ClN3O4. The Hall–Kier alpha value is -3.06. The topological polar surface area (TPSA) is 89.0 Å². The predicted octanol–water partition coefficient (Wildman–Crippen LogP) is 3.73. The van der Waals surface area contributed by atoms with Crippen molar-refractivity contribution < 1.29 is 19.1 Å². The quantitative estimate of drug-likeness (QED) is 0.506. The second-order valence-electron chi connectivity index (χ2n) is 6.44. The van der Waals surface area contributed by atoms with E-state index in [1.807, 2.05) is 13.0 Å². The first-order chi connectivity index (χ1) is 13.8. The van der Waals surface area contributed by atoms with Gasteiger partial charge in [-0.15, -0.1) is 0 Å². The molecule has 0 heterocycles. The summed E-state index contributed by atoms with van der Waals surface area (Å²) in [6, 6.07) is 10.5. The number of ether oxygens (including phenoxy) is 2. The molecule has 2 aromatic rings. The number of methoxy groups -OCH3 is 2. The van der Waals surface area contributed by atoms with Gasteiger partial charge in [-0.2, -0.15) is 5.10 Å². The minimum atomic E-state index is -0.303. The van der Waals surface area contributed by atoms with Crippen molar-refractivity contribution in [3.8, 4) is 11.5 Å². The van der Waals surface area contributed by atoms with E-state index in [9.17, 15) is 9.59 Å². The van der Waals surface area contributed by atoms with E-state index in [2.05, 4.69) is 15.8 Å². The Morgan fingerprint density at radius 1 is 1.03 bits per heavy atom. The third kappa shape index (κ3) is 6.80. The highest BCUT2D eigenvalue weighted by molar-refractivity contribution is 6.31. The lowest BCUT2D eigenvalue weighted by Gasteiger charge is -2.09. The number of rotatable bonds is 8. The first-order valence-electron chi connectivity index (χ1n) is 8.91. The first-order valence-corrected chi connectivity index (χ1v) is 9.29. The summed E-state index contributed by atoms with van der Waals surface area (Å²) < 4.78 is 10.4. The maximum Gasteiger partial charge on any atom is 0.244 e. The number of nitrogens with one attached hydrogen (secondary N) is 2. The SMILES string of the molecule is COc1ccc(CC(=O)N/N=C(/C)CC(=O)Nc2ccc(C)c(Cl)c2)cc1OC. The summed E-state index contributed by atoms with van der Waals surface area (Å²) in [4.78, 5) is 24.2. The maximum absolute atomic E-state index is 12.1. The molecule has 0 aliphatic carbocycles. The molecule has 8 heteroatoms. The second kappa shape index (κ2) is 10.5. The van der Waals surface area contributed by atoms with E-state index in [4.69, 9.17) is 21.1 Å². The molecule has 2 rings (SSSR count). The zero-order valence-corrected chi connectivity index (χ0v) is 17.6. The van der Waals surface area contributed by atoms with E-state index >= 15 is 0 Å². The van der Waals surface area contributed by atoms with E-state index in [0.717, 1.165) is 11.1 Å². The minimum absolute atomic E-state index is 0.0438. The van der Waals surface area contributed by atoms with Gasteiger partial charge in [0.05, 0.1) is 27.1 Å². The molecule has 2 aromatic carbocycles. The third-order valence-electron chi connectivity index (χ3n) is 4.06. The van der Waals surface area contributed by atoms with E-state index in [-0.39, 0.29) is 24.7 Å². The molecule has 29 heavy (non-hydrogen) atoms. The van der Waals surface area contributed by atoms with Crippen molar-refractivity contribution in [2.45, 2.75) is 26.7 Å². The van der Waals surface area contributed by atoms with Crippen molar-refractivity contribution in [2.24, 2.45) is 5.10 Å². The molecule has 0 bridgehead atoms. The number of halogens is 1. The van der Waals surface area contributed by atoms with Gasteiger partial charge < -0.3 is 14.8 Å². The lowest BCUT2D eigenvalue weighted by Crippen LogP contribution is -2.23. The number of nitrogens with zero attached hydrogens (tertiary/aromatic N) is 1. The van der Waals surface area contributed by atoms with Gasteiger partial charge in [0.15, 0.2) is 11.5 Å². The van der Waals surface area contributed by atoms with Crippen LogP contribution in [-0.2, 0) is 16.0 Å². The lowest BCUT2D eigenvalue weighted by molar-refractivity contribution is -0.120. The molecule has 0 fully saturated rings. The van der Waals surface area contributed by atoms with Crippen LogP contribution < -0.4 is 20.2 Å². The Morgan fingerprint density at radius 2 is 1.76 bits per heavy atom. The maximum atomic E-state index is 12.1. The van der Waals surface area contributed by atoms with E-state index in [1.54, 1.807) is 44.4 Å². The van der Waals surface area contributed by atoms with Crippen LogP contribution in [0.5, 0.6) is 11.5 Å². The van der Waals surface area contributed by atoms with Gasteiger partial charge in [-0.3, -0.25) is 9.59 Å². The van der Waals surface area contributed by atoms with E-state index in [0.29, 0.717) is 27.9 Å². The van der Waals surface area contributed by atoms with Crippen LogP contribution >= 0.6 is 11.6 Å². The average Bonchev–Trinajstić information content (AvgIpc) is 2.69. The zero-order chi connectivity index (χ0) is 21.4. The van der Waals surface area contributed by atoms with Crippen molar-refractivity contribution in [1.82, 2.24) is 5.43 Å². The van der Waals surface area contributed by atoms with Crippen molar-refractivity contribution in [2.75, 3.05) is 19.5 Å². The Labute approximate surface area is 175 Å². The minimum Gasteiger partial charge on any atom is -0.493 e. The van der Waals surface area contributed by atoms with Crippen LogP contribution in [0.2, 0.25) is 5.02 Å². The third-order valence-corrected chi connectivity index (χ3v) is 4.46. The number of anilines is 1. The van der Waals surface area contributed by atoms with Crippen LogP contribution in [0.15, 0.2) is 41.5 Å². The molecule has 0 aromatic heterocycles. The van der Waals surface area contributed by atoms with E-state index in [1.165, 1.54) is 7.11 Å². The molecular weight excluding hydrogens is 394 g/mol. The van der Waals surface area contributed by atoms with Gasteiger partial charge >= 0.3 is 0 Å². The van der Waals surface area contributed by atoms with Crippen LogP contribution in [0, 0.1) is 6.92 Å². The van der Waals surface area contributed by atoms with Crippen LogP contribution in [0.3, 0.4) is 0 Å². The molecule has 0 radical (unpaired) electrons. The molecule has 0 aliphatic heterocycles. The van der Waals surface area contributed by atoms with Gasteiger partial charge in [-0.05, 0) is 49.2 Å². The number of aryl methyl sites for hydroxylation is 1. The molecule has 0 saturated heterocycles. The van der Waals surface area contributed by atoms with Crippen LogP contribution in [0.4, 0.5) is 5.69 Å². The highest BCUT2D eigenvalue weighted by atomic mass is 35.5. The number of carbonyl (C=O) groups is 2. The van der Waals surface area contributed by atoms with Crippen LogP contribution in [-0.4, -0.2) is 31.7 Å². The van der Waals surface area contributed by atoms with Gasteiger partial charge in [-0.25, -0.2) is 5.43 Å². The van der Waals surface area contributed by atoms with Gasteiger partial charge in [0.25, 0.3) is 0 Å². The summed E-state index contributed by atoms with van der Waals surface area (Å²) >= 11 is 6.05. The molecule has 2 N–H and O–H groups in total. The summed E-state index contributed by atoms with van der Waals surface area (Å²) in [5.41, 5.74) is 5.22. The summed E-state index contributed by atoms with van der Waals surface area (Å²) in [5.74, 6) is 0.583. The van der Waals surface area contributed by atoms with Gasteiger partial charge in [-0.1, -0.05) is 23.7 Å². The smallest absolute Gasteiger partial charge is 0.244 e. The monoisotopic (exact) mass is 417 g/mol. The second-order valence-corrected chi connectivity index (χ2v) is 6.84. The number of amides is 2. The zero-order valence-electron chi connectivity index (χ0n) is 16.8. The number of benzene rings is 2. The number of hydrogen-bond acceptors (Lipinski definition) is 5. The predicted molar refractivity (Wildman–Crippen MR) is 114 cm³/mol. The van der Waals surface area contributed by atoms with Crippen molar-refractivity contribution in [3.63, 3.8) is 0 Å². The molecule has 7 nitrogen and oxygen atoms in total. The van der Waals surface area contributed by atoms with Gasteiger partial charge in [0.1, 0.15) is 0 Å². The molecule has 2 amide bonds. The van der Waals surface area contributed by atoms with Crippen LogP contribution in [0.1, 0.15) is 24.5 Å². The normalized spacial score (nSPS) is 11.0. The van der Waals surface area contributed by atoms with E-state index < -0.39 is 0 Å². The van der Waals surface area contributed by atoms with Gasteiger partial charge in [0, 0.05) is 16.4 Å². The highest BCUT2D eigenvalue weighted by Gasteiger charge is 2.09. The lowest BCUT2D eigenvalue weighted by atomic mass is 10.1. The fourth-order valence-corrected chi connectivity index (χ4v) is 2.70. The summed E-state index contributed by atoms with van der Waals surface area (Å²) in [6.45, 7) is 3.55. The molecule has 0 aliphatic rings. The summed E-state index contributed by atoms with van der Waals surface area (Å²) in [5, 5.41) is 7.31. The average molecular weight is 418 g/mol. The van der Waals surface area contributed by atoms with Crippen LogP contribution in [0.25, 0.3) is 0 Å². The standard InChI is InChI=1S/C21H24ClN3O4/c1-13-5-7-16(12-17(13)22)23-20(26)9-14(2)24-25-21(27)11-15-6-8-18(28-3)19(10-15)29-4/h5-8,10,12H,9,11H2,1-4H3,(H,23,26)(H,25,27)/b24-14-. The van der Waals surface area contributed by atoms with Gasteiger partial charge in [0.2, 0.25) is 11.8 Å². The number of hydrazone groups is 1. The fraction of sp³-hybridized carbons (Fsp3) is 0.286. The largest absolute Gasteiger partial charge is 0.493 e. The van der Waals surface area contributed by atoms with Crippen molar-refractivity contribution in [3.05, 3.63) is 52.5 Å². The summed E-state index contributed by atoms with van der Waals surface area (Å²) in [6.07, 6.45) is 0.160. The highest BCUT2D eigenvalue weighted by Crippen LogP contribution is 2.27. The first kappa shape index (κ1) is 22.2. The molecule has 154 valence electrons. The molecule has 0 atom stereocenters. The Bertz CT molecular complexity index is 928. The van der Waals surface area contributed by atoms with Crippen molar-refractivity contribution >= 4 is 34.8 Å². The molecule has 0 unspecified atom stereocenters. The molecule has 0 spiro atoms. The molecule has 0 saturated carbocycles. The Balaban J connectivity index is 1.87. The Morgan fingerprint density at radius 3 is 2.41 bits per heavy atom. The number of carbonyl (C=O) groups excluding carboxylic acids is 2. The van der Waals surface area contributed by atoms with Crippen molar-refractivity contribution in [1.29, 1.82) is 0 Å².